The maximum absolute atomic E-state index is 8.99. The zero-order chi connectivity index (χ0) is 10.3. The summed E-state index contributed by atoms with van der Waals surface area (Å²) in [6.07, 6.45) is 0. The molecule has 0 radical (unpaired) electrons. The Hall–Kier alpha value is -0.305. The summed E-state index contributed by atoms with van der Waals surface area (Å²) in [6, 6.07) is 5.31. The van der Waals surface area contributed by atoms with Crippen LogP contribution in [0.25, 0.3) is 10.1 Å². The number of nitrogen functional groups attached to an aromatic ring is 1. The summed E-state index contributed by atoms with van der Waals surface area (Å²) in [5, 5.41) is 19.8. The van der Waals surface area contributed by atoms with E-state index < -0.39 is 7.12 Å². The van der Waals surface area contributed by atoms with Crippen LogP contribution in [-0.4, -0.2) is 17.2 Å². The van der Waals surface area contributed by atoms with Crippen molar-refractivity contribution in [1.29, 1.82) is 0 Å². The molecule has 1 heterocycles. The summed E-state index contributed by atoms with van der Waals surface area (Å²) < 4.78 is 2.01. The lowest BCUT2D eigenvalue weighted by Crippen LogP contribution is -2.29. The highest BCUT2D eigenvalue weighted by Gasteiger charge is 2.13. The Morgan fingerprint density at radius 1 is 1.36 bits per heavy atom. The van der Waals surface area contributed by atoms with E-state index >= 15 is 0 Å². The van der Waals surface area contributed by atoms with Gasteiger partial charge in [0.05, 0.1) is 3.57 Å². The lowest BCUT2D eigenvalue weighted by molar-refractivity contribution is 0.426. The monoisotopic (exact) mass is 319 g/mol. The van der Waals surface area contributed by atoms with E-state index in [4.69, 9.17) is 15.8 Å². The van der Waals surface area contributed by atoms with Gasteiger partial charge >= 0.3 is 7.12 Å². The first-order valence-corrected chi connectivity index (χ1v) is 5.82. The fourth-order valence-corrected chi connectivity index (χ4v) is 3.16. The molecular formula is C8H7BINO2S. The number of benzene rings is 1. The molecule has 0 unspecified atom stereocenters. The van der Waals surface area contributed by atoms with Crippen LogP contribution in [0, 0.1) is 3.57 Å². The molecule has 0 bridgehead atoms. The smallest absolute Gasteiger partial charge is 0.423 e. The van der Waals surface area contributed by atoms with Gasteiger partial charge < -0.3 is 15.8 Å². The van der Waals surface area contributed by atoms with Gasteiger partial charge in [-0.3, -0.25) is 0 Å². The first-order chi connectivity index (χ1) is 6.59. The molecule has 72 valence electrons. The summed E-state index contributed by atoms with van der Waals surface area (Å²) in [5.41, 5.74) is 6.26. The van der Waals surface area contributed by atoms with Crippen LogP contribution < -0.4 is 11.2 Å². The topological polar surface area (TPSA) is 66.5 Å². The molecule has 3 nitrogen and oxygen atoms in total. The summed E-state index contributed by atoms with van der Waals surface area (Å²) in [4.78, 5) is 0. The van der Waals surface area contributed by atoms with E-state index in [1.165, 1.54) is 11.3 Å². The summed E-state index contributed by atoms with van der Waals surface area (Å²) in [7, 11) is -1.42. The number of fused-ring (bicyclic) bond motifs is 1. The van der Waals surface area contributed by atoms with Crippen LogP contribution in [-0.2, 0) is 0 Å². The summed E-state index contributed by atoms with van der Waals surface area (Å²) >= 11 is 3.65. The molecule has 1 aromatic carbocycles. The van der Waals surface area contributed by atoms with Crippen molar-refractivity contribution in [2.75, 3.05) is 5.73 Å². The first kappa shape index (κ1) is 10.2. The molecular weight excluding hydrogens is 312 g/mol. The van der Waals surface area contributed by atoms with Crippen LogP contribution >= 0.6 is 33.9 Å². The van der Waals surface area contributed by atoms with E-state index in [1.54, 1.807) is 12.1 Å². The summed E-state index contributed by atoms with van der Waals surface area (Å²) in [6.45, 7) is 0. The van der Waals surface area contributed by atoms with Crippen molar-refractivity contribution >= 4 is 61.6 Å². The highest BCUT2D eigenvalue weighted by atomic mass is 127. The Labute approximate surface area is 98.8 Å². The van der Waals surface area contributed by atoms with Gasteiger partial charge in [-0.15, -0.1) is 11.3 Å². The number of anilines is 1. The van der Waals surface area contributed by atoms with Gasteiger partial charge in [-0.05, 0) is 34.1 Å². The van der Waals surface area contributed by atoms with Crippen LogP contribution in [0.3, 0.4) is 0 Å². The Bertz CT molecular complexity index is 485. The maximum atomic E-state index is 8.99. The van der Waals surface area contributed by atoms with Crippen molar-refractivity contribution in [1.82, 2.24) is 0 Å². The minimum atomic E-state index is -1.42. The standard InChI is InChI=1S/C8H7BINO2S/c10-7-5-2-1-4(9(12)13)3-6(5)14-8(7)11/h1-3,12-13H,11H2. The normalized spacial score (nSPS) is 10.8. The molecule has 1 aromatic heterocycles. The van der Waals surface area contributed by atoms with E-state index in [0.717, 1.165) is 18.7 Å². The Morgan fingerprint density at radius 3 is 2.71 bits per heavy atom. The molecule has 6 heteroatoms. The van der Waals surface area contributed by atoms with E-state index in [0.29, 0.717) is 5.46 Å². The van der Waals surface area contributed by atoms with Crippen LogP contribution in [0.2, 0.25) is 0 Å². The summed E-state index contributed by atoms with van der Waals surface area (Å²) in [5.74, 6) is 0. The minimum absolute atomic E-state index is 0.496. The minimum Gasteiger partial charge on any atom is -0.423 e. The van der Waals surface area contributed by atoms with Gasteiger partial charge in [-0.1, -0.05) is 12.1 Å². The number of rotatable bonds is 1. The van der Waals surface area contributed by atoms with Gasteiger partial charge in [0.15, 0.2) is 0 Å². The molecule has 0 amide bonds. The Balaban J connectivity index is 2.67. The zero-order valence-corrected chi connectivity index (χ0v) is 10.0. The van der Waals surface area contributed by atoms with Gasteiger partial charge in [0.1, 0.15) is 5.00 Å². The van der Waals surface area contributed by atoms with E-state index in [-0.39, 0.29) is 0 Å². The molecule has 14 heavy (non-hydrogen) atoms. The third-order valence-electron chi connectivity index (χ3n) is 1.98. The molecule has 0 fully saturated rings. The van der Waals surface area contributed by atoms with Crippen LogP contribution in [0.5, 0.6) is 0 Å². The quantitative estimate of drug-likeness (QED) is 0.537. The number of halogens is 1. The van der Waals surface area contributed by atoms with E-state index in [2.05, 4.69) is 22.6 Å². The van der Waals surface area contributed by atoms with Gasteiger partial charge in [0.25, 0.3) is 0 Å². The van der Waals surface area contributed by atoms with Crippen molar-refractivity contribution in [2.24, 2.45) is 0 Å². The SMILES string of the molecule is Nc1sc2cc(B(O)O)ccc2c1I. The van der Waals surface area contributed by atoms with Gasteiger partial charge in [-0.2, -0.15) is 0 Å². The third-order valence-corrected chi connectivity index (χ3v) is 4.49. The molecule has 4 N–H and O–H groups in total. The number of hydrogen-bond donors (Lipinski definition) is 3. The molecule has 0 aliphatic rings. The predicted octanol–water partition coefficient (Wildman–Crippen LogP) is 0.768. The second-order valence-corrected chi connectivity index (χ2v) is 5.07. The zero-order valence-electron chi connectivity index (χ0n) is 7.07. The number of hydrogen-bond acceptors (Lipinski definition) is 4. The largest absolute Gasteiger partial charge is 0.488 e. The molecule has 0 saturated heterocycles. The fourth-order valence-electron chi connectivity index (χ4n) is 1.26. The lowest BCUT2D eigenvalue weighted by atomic mass is 9.80. The Morgan fingerprint density at radius 2 is 2.07 bits per heavy atom. The molecule has 0 aliphatic heterocycles. The number of thiophene rings is 1. The van der Waals surface area contributed by atoms with Crippen LogP contribution in [0.1, 0.15) is 0 Å². The van der Waals surface area contributed by atoms with Crippen molar-refractivity contribution in [3.8, 4) is 0 Å². The molecule has 0 spiro atoms. The second-order valence-electron chi connectivity index (χ2n) is 2.91. The molecule has 0 atom stereocenters. The maximum Gasteiger partial charge on any atom is 0.488 e. The fraction of sp³-hybridized carbons (Fsp3) is 0. The molecule has 0 saturated carbocycles. The lowest BCUT2D eigenvalue weighted by Gasteiger charge is -1.98. The van der Waals surface area contributed by atoms with Gasteiger partial charge in [-0.25, -0.2) is 0 Å². The molecule has 2 aromatic rings. The second kappa shape index (κ2) is 3.69. The van der Waals surface area contributed by atoms with Crippen molar-refractivity contribution in [2.45, 2.75) is 0 Å². The highest BCUT2D eigenvalue weighted by molar-refractivity contribution is 14.1. The van der Waals surface area contributed by atoms with Gasteiger partial charge in [0.2, 0.25) is 0 Å². The highest BCUT2D eigenvalue weighted by Crippen LogP contribution is 2.33. The average Bonchev–Trinajstić information content (AvgIpc) is 2.42. The van der Waals surface area contributed by atoms with Gasteiger partial charge in [0, 0.05) is 10.1 Å². The van der Waals surface area contributed by atoms with E-state index in [9.17, 15) is 0 Å². The first-order valence-electron chi connectivity index (χ1n) is 3.93. The van der Waals surface area contributed by atoms with Crippen molar-refractivity contribution in [3.63, 3.8) is 0 Å². The van der Waals surface area contributed by atoms with Crippen molar-refractivity contribution in [3.05, 3.63) is 21.8 Å². The third kappa shape index (κ3) is 1.62. The average molecular weight is 319 g/mol. The van der Waals surface area contributed by atoms with Crippen molar-refractivity contribution < 1.29 is 10.0 Å². The number of nitrogens with two attached hydrogens (primary N) is 1. The van der Waals surface area contributed by atoms with E-state index in [1.807, 2.05) is 6.07 Å². The predicted molar refractivity (Wildman–Crippen MR) is 68.8 cm³/mol. The molecule has 0 aliphatic carbocycles. The Kier molecular flexibility index (Phi) is 2.69. The van der Waals surface area contributed by atoms with Crippen LogP contribution in [0.15, 0.2) is 18.2 Å². The van der Waals surface area contributed by atoms with Crippen LogP contribution in [0.4, 0.5) is 5.00 Å². The molecule has 2 rings (SSSR count).